The van der Waals surface area contributed by atoms with E-state index in [0.717, 1.165) is 31.8 Å². The molecule has 2 aromatic rings. The van der Waals surface area contributed by atoms with E-state index in [-0.39, 0.29) is 0 Å². The third-order valence-corrected chi connectivity index (χ3v) is 3.34. The molecule has 0 bridgehead atoms. The Bertz CT molecular complexity index is 603. The topological polar surface area (TPSA) is 39.1 Å². The molecule has 4 nitrogen and oxygen atoms in total. The van der Waals surface area contributed by atoms with Gasteiger partial charge in [0.1, 0.15) is 5.75 Å². The first-order chi connectivity index (χ1) is 10.0. The van der Waals surface area contributed by atoms with Gasteiger partial charge in [0.25, 0.3) is 0 Å². The second kappa shape index (κ2) is 5.40. The molecule has 1 N–H and O–H groups in total. The van der Waals surface area contributed by atoms with Crippen LogP contribution in [0.1, 0.15) is 5.56 Å². The van der Waals surface area contributed by atoms with E-state index in [4.69, 9.17) is 4.74 Å². The van der Waals surface area contributed by atoms with Crippen LogP contribution in [0.5, 0.6) is 11.5 Å². The summed E-state index contributed by atoms with van der Waals surface area (Å²) in [6.45, 7) is 2.77. The third kappa shape index (κ3) is 3.36. The molecule has 3 rings (SSSR count). The second-order valence-corrected chi connectivity index (χ2v) is 5.05. The van der Waals surface area contributed by atoms with Gasteiger partial charge in [0.15, 0.2) is 5.75 Å². The van der Waals surface area contributed by atoms with Crippen LogP contribution in [-0.4, -0.2) is 22.9 Å². The Morgan fingerprint density at radius 1 is 1.19 bits per heavy atom. The molecule has 1 aromatic heterocycles. The summed E-state index contributed by atoms with van der Waals surface area (Å²) in [4.78, 5) is 0. The Kier molecular flexibility index (Phi) is 3.59. The number of alkyl halides is 3. The van der Waals surface area contributed by atoms with Gasteiger partial charge < -0.3 is 10.1 Å². The van der Waals surface area contributed by atoms with Crippen molar-refractivity contribution in [1.82, 2.24) is 15.1 Å². The summed E-state index contributed by atoms with van der Waals surface area (Å²) in [7, 11) is 0. The normalized spacial score (nSPS) is 15.8. The predicted molar refractivity (Wildman–Crippen MR) is 70.1 cm³/mol. The van der Waals surface area contributed by atoms with Crippen molar-refractivity contribution in [1.29, 1.82) is 0 Å². The Labute approximate surface area is 119 Å². The Morgan fingerprint density at radius 3 is 2.48 bits per heavy atom. The van der Waals surface area contributed by atoms with Crippen molar-refractivity contribution in [3.05, 3.63) is 42.2 Å². The van der Waals surface area contributed by atoms with Crippen molar-refractivity contribution in [2.24, 2.45) is 5.92 Å². The molecule has 0 saturated carbocycles. The number of rotatable bonds is 4. The number of hydrogen-bond donors (Lipinski definition) is 1. The summed E-state index contributed by atoms with van der Waals surface area (Å²) < 4.78 is 44.6. The molecule has 1 fully saturated rings. The van der Waals surface area contributed by atoms with Gasteiger partial charge in [-0.2, -0.15) is 18.3 Å². The summed E-state index contributed by atoms with van der Waals surface area (Å²) >= 11 is 0. The molecule has 112 valence electrons. The fraction of sp³-hybridized carbons (Fsp3) is 0.357. The molecule has 0 atom stereocenters. The molecular weight excluding hydrogens is 283 g/mol. The molecule has 0 spiro atoms. The van der Waals surface area contributed by atoms with Crippen LogP contribution >= 0.6 is 0 Å². The fourth-order valence-corrected chi connectivity index (χ4v) is 2.09. The zero-order chi connectivity index (χ0) is 14.9. The lowest BCUT2D eigenvalue weighted by Crippen LogP contribution is -2.44. The Morgan fingerprint density at radius 2 is 1.90 bits per heavy atom. The number of hydrogen-bond acceptors (Lipinski definition) is 3. The first kappa shape index (κ1) is 13.9. The average molecular weight is 297 g/mol. The van der Waals surface area contributed by atoms with Crippen molar-refractivity contribution < 1.29 is 17.9 Å². The molecule has 0 unspecified atom stereocenters. The van der Waals surface area contributed by atoms with Crippen molar-refractivity contribution >= 4 is 0 Å². The quantitative estimate of drug-likeness (QED) is 0.943. The van der Waals surface area contributed by atoms with Crippen LogP contribution in [0.25, 0.3) is 0 Å². The van der Waals surface area contributed by atoms with Crippen LogP contribution in [0.4, 0.5) is 13.2 Å². The van der Waals surface area contributed by atoms with Gasteiger partial charge in [0.05, 0.1) is 18.0 Å². The Hall–Kier alpha value is -2.02. The summed E-state index contributed by atoms with van der Waals surface area (Å²) in [6.07, 6.45) is -1.03. The van der Waals surface area contributed by atoms with Gasteiger partial charge in [-0.1, -0.05) is 0 Å². The van der Waals surface area contributed by atoms with Gasteiger partial charge in [0, 0.05) is 25.6 Å². The summed E-state index contributed by atoms with van der Waals surface area (Å²) in [6, 6.07) is 4.60. The van der Waals surface area contributed by atoms with Crippen LogP contribution in [-0.2, 0) is 12.7 Å². The van der Waals surface area contributed by atoms with Crippen LogP contribution < -0.4 is 10.1 Å². The van der Waals surface area contributed by atoms with Gasteiger partial charge >= 0.3 is 6.18 Å². The second-order valence-electron chi connectivity index (χ2n) is 5.05. The van der Waals surface area contributed by atoms with Crippen LogP contribution in [0.2, 0.25) is 0 Å². The van der Waals surface area contributed by atoms with Crippen molar-refractivity contribution in [3.63, 3.8) is 0 Å². The number of benzene rings is 1. The highest BCUT2D eigenvalue weighted by Gasteiger charge is 2.30. The lowest BCUT2D eigenvalue weighted by atomic mass is 10.0. The van der Waals surface area contributed by atoms with Gasteiger partial charge in [-0.3, -0.25) is 4.68 Å². The van der Waals surface area contributed by atoms with Crippen molar-refractivity contribution in [2.45, 2.75) is 12.7 Å². The lowest BCUT2D eigenvalue weighted by molar-refractivity contribution is -0.137. The molecule has 0 aliphatic carbocycles. The molecule has 2 heterocycles. The number of nitrogens with zero attached hydrogens (tertiary/aromatic N) is 2. The molecule has 1 saturated heterocycles. The zero-order valence-corrected chi connectivity index (χ0v) is 11.1. The van der Waals surface area contributed by atoms with Gasteiger partial charge in [0.2, 0.25) is 0 Å². The van der Waals surface area contributed by atoms with E-state index in [2.05, 4.69) is 10.4 Å². The van der Waals surface area contributed by atoms with E-state index in [1.807, 2.05) is 0 Å². The largest absolute Gasteiger partial charge is 0.454 e. The smallest absolute Gasteiger partial charge is 0.416 e. The van der Waals surface area contributed by atoms with E-state index < -0.39 is 11.7 Å². The maximum atomic E-state index is 12.5. The zero-order valence-electron chi connectivity index (χ0n) is 11.1. The minimum Gasteiger partial charge on any atom is -0.454 e. The number of aromatic nitrogens is 2. The average Bonchev–Trinajstić information content (AvgIpc) is 2.81. The van der Waals surface area contributed by atoms with Crippen LogP contribution in [0.15, 0.2) is 36.7 Å². The summed E-state index contributed by atoms with van der Waals surface area (Å²) in [5.41, 5.74) is -0.692. The van der Waals surface area contributed by atoms with E-state index in [1.54, 1.807) is 17.1 Å². The van der Waals surface area contributed by atoms with Crippen LogP contribution in [0, 0.1) is 5.92 Å². The first-order valence-corrected chi connectivity index (χ1v) is 6.59. The summed E-state index contributed by atoms with van der Waals surface area (Å²) in [5, 5.41) is 7.36. The van der Waals surface area contributed by atoms with Crippen molar-refractivity contribution in [3.8, 4) is 11.5 Å². The third-order valence-electron chi connectivity index (χ3n) is 3.34. The fourth-order valence-electron chi connectivity index (χ4n) is 2.09. The molecule has 0 amide bonds. The van der Waals surface area contributed by atoms with E-state index in [0.29, 0.717) is 17.4 Å². The lowest BCUT2D eigenvalue weighted by Gasteiger charge is -2.26. The molecule has 7 heteroatoms. The van der Waals surface area contributed by atoms with E-state index in [9.17, 15) is 13.2 Å². The van der Waals surface area contributed by atoms with E-state index in [1.165, 1.54) is 12.1 Å². The Balaban J connectivity index is 1.63. The highest BCUT2D eigenvalue weighted by atomic mass is 19.4. The molecule has 1 aliphatic heterocycles. The first-order valence-electron chi connectivity index (χ1n) is 6.59. The van der Waals surface area contributed by atoms with Gasteiger partial charge in [-0.25, -0.2) is 0 Å². The van der Waals surface area contributed by atoms with Gasteiger partial charge in [-0.05, 0) is 24.3 Å². The number of nitrogens with one attached hydrogen (secondary N) is 1. The standard InChI is InChI=1S/C14H14F3N3O/c15-14(16,17)11-1-3-12(4-2-11)21-13-7-19-20(9-13)8-10-5-18-6-10/h1-4,7,9-10,18H,5-6,8H2. The van der Waals surface area contributed by atoms with Gasteiger partial charge in [-0.15, -0.1) is 0 Å². The monoisotopic (exact) mass is 297 g/mol. The highest BCUT2D eigenvalue weighted by molar-refractivity contribution is 5.32. The molecule has 0 radical (unpaired) electrons. The van der Waals surface area contributed by atoms with Crippen molar-refractivity contribution in [2.75, 3.05) is 13.1 Å². The molecule has 21 heavy (non-hydrogen) atoms. The number of ether oxygens (including phenoxy) is 1. The maximum Gasteiger partial charge on any atom is 0.416 e. The summed E-state index contributed by atoms with van der Waals surface area (Å²) in [5.74, 6) is 1.44. The molecular formula is C14H14F3N3O. The highest BCUT2D eigenvalue weighted by Crippen LogP contribution is 2.31. The maximum absolute atomic E-state index is 12.5. The number of halogens is 3. The minimum atomic E-state index is -4.33. The van der Waals surface area contributed by atoms with Crippen LogP contribution in [0.3, 0.4) is 0 Å². The molecule has 1 aromatic carbocycles. The predicted octanol–water partition coefficient (Wildman–Crippen LogP) is 2.91. The van der Waals surface area contributed by atoms with E-state index >= 15 is 0 Å². The molecule has 1 aliphatic rings. The SMILES string of the molecule is FC(F)(F)c1ccc(Oc2cnn(CC3CNC3)c2)cc1. The minimum absolute atomic E-state index is 0.355.